The van der Waals surface area contributed by atoms with E-state index in [0.29, 0.717) is 0 Å². The van der Waals surface area contributed by atoms with E-state index in [0.717, 1.165) is 56.0 Å². The SMILES string of the molecule is CCCNc1cc(C(=O)N(CC)CCC)cc(CC)n1. The van der Waals surface area contributed by atoms with E-state index in [1.807, 2.05) is 24.0 Å². The standard InChI is InChI=1S/C16H27N3O/c1-5-9-17-15-12-13(11-14(7-3)18-15)16(20)19(8-4)10-6-2/h11-12H,5-10H2,1-4H3,(H,17,18). The third-order valence-electron chi connectivity index (χ3n) is 3.21. The minimum Gasteiger partial charge on any atom is -0.370 e. The normalized spacial score (nSPS) is 10.4. The van der Waals surface area contributed by atoms with E-state index in [4.69, 9.17) is 0 Å². The molecule has 1 heterocycles. The lowest BCUT2D eigenvalue weighted by atomic mass is 10.1. The Bertz CT molecular complexity index is 432. The molecule has 0 spiro atoms. The van der Waals surface area contributed by atoms with Crippen LogP contribution in [0, 0.1) is 0 Å². The van der Waals surface area contributed by atoms with Crippen molar-refractivity contribution in [1.29, 1.82) is 0 Å². The Kier molecular flexibility index (Phi) is 7.05. The first-order chi connectivity index (χ1) is 9.65. The molecule has 1 amide bonds. The van der Waals surface area contributed by atoms with Gasteiger partial charge in [0.25, 0.3) is 5.91 Å². The van der Waals surface area contributed by atoms with Crippen molar-refractivity contribution in [2.24, 2.45) is 0 Å². The molecule has 0 unspecified atom stereocenters. The predicted octanol–water partition coefficient (Wildman–Crippen LogP) is 3.34. The second-order valence-corrected chi connectivity index (χ2v) is 4.90. The van der Waals surface area contributed by atoms with Crippen molar-refractivity contribution in [3.05, 3.63) is 23.4 Å². The summed E-state index contributed by atoms with van der Waals surface area (Å²) in [4.78, 5) is 18.9. The number of nitrogens with zero attached hydrogens (tertiary/aromatic N) is 2. The third-order valence-corrected chi connectivity index (χ3v) is 3.21. The highest BCUT2D eigenvalue weighted by Crippen LogP contribution is 2.14. The van der Waals surface area contributed by atoms with E-state index in [1.54, 1.807) is 0 Å². The molecule has 0 radical (unpaired) electrons. The zero-order valence-corrected chi connectivity index (χ0v) is 13.2. The van der Waals surface area contributed by atoms with Gasteiger partial charge in [-0.05, 0) is 38.3 Å². The largest absolute Gasteiger partial charge is 0.370 e. The molecule has 0 aromatic carbocycles. The van der Waals surface area contributed by atoms with Crippen molar-refractivity contribution in [1.82, 2.24) is 9.88 Å². The number of amides is 1. The highest BCUT2D eigenvalue weighted by atomic mass is 16.2. The molecule has 1 aromatic heterocycles. The lowest BCUT2D eigenvalue weighted by Gasteiger charge is -2.20. The molecule has 1 aromatic rings. The molecule has 0 fully saturated rings. The van der Waals surface area contributed by atoms with Crippen LogP contribution in [-0.4, -0.2) is 35.4 Å². The first-order valence-electron chi connectivity index (χ1n) is 7.70. The van der Waals surface area contributed by atoms with Crippen molar-refractivity contribution in [3.8, 4) is 0 Å². The average Bonchev–Trinajstić information content (AvgIpc) is 2.49. The Balaban J connectivity index is 2.99. The maximum atomic E-state index is 12.5. The number of anilines is 1. The molecule has 0 atom stereocenters. The molecule has 0 aliphatic rings. The zero-order chi connectivity index (χ0) is 15.0. The summed E-state index contributed by atoms with van der Waals surface area (Å²) in [6.45, 7) is 10.7. The molecule has 0 saturated carbocycles. The molecule has 4 nitrogen and oxygen atoms in total. The lowest BCUT2D eigenvalue weighted by Crippen LogP contribution is -2.31. The molecule has 1 rings (SSSR count). The van der Waals surface area contributed by atoms with Gasteiger partial charge in [0.05, 0.1) is 0 Å². The number of carbonyl (C=O) groups is 1. The molecule has 20 heavy (non-hydrogen) atoms. The summed E-state index contributed by atoms with van der Waals surface area (Å²) in [6, 6.07) is 3.78. The zero-order valence-electron chi connectivity index (χ0n) is 13.2. The highest BCUT2D eigenvalue weighted by Gasteiger charge is 2.15. The van der Waals surface area contributed by atoms with Crippen LogP contribution in [0.15, 0.2) is 12.1 Å². The summed E-state index contributed by atoms with van der Waals surface area (Å²) < 4.78 is 0. The van der Waals surface area contributed by atoms with Gasteiger partial charge in [-0.1, -0.05) is 20.8 Å². The van der Waals surface area contributed by atoms with Gasteiger partial charge >= 0.3 is 0 Å². The van der Waals surface area contributed by atoms with Crippen LogP contribution in [0.3, 0.4) is 0 Å². The number of aromatic nitrogens is 1. The first kappa shape index (κ1) is 16.5. The smallest absolute Gasteiger partial charge is 0.254 e. The maximum Gasteiger partial charge on any atom is 0.254 e. The fourth-order valence-corrected chi connectivity index (χ4v) is 2.09. The number of hydrogen-bond donors (Lipinski definition) is 1. The number of nitrogens with one attached hydrogen (secondary N) is 1. The van der Waals surface area contributed by atoms with Crippen LogP contribution in [-0.2, 0) is 6.42 Å². The van der Waals surface area contributed by atoms with Crippen molar-refractivity contribution in [2.45, 2.75) is 47.0 Å². The molecule has 4 heteroatoms. The van der Waals surface area contributed by atoms with Crippen molar-refractivity contribution < 1.29 is 4.79 Å². The molecule has 112 valence electrons. The molecule has 0 saturated heterocycles. The van der Waals surface area contributed by atoms with E-state index in [2.05, 4.69) is 31.1 Å². The Morgan fingerprint density at radius 2 is 1.95 bits per heavy atom. The summed E-state index contributed by atoms with van der Waals surface area (Å²) >= 11 is 0. The number of rotatable bonds is 8. The minimum absolute atomic E-state index is 0.103. The van der Waals surface area contributed by atoms with Gasteiger partial charge in [-0.2, -0.15) is 0 Å². The fourth-order valence-electron chi connectivity index (χ4n) is 2.09. The second-order valence-electron chi connectivity index (χ2n) is 4.90. The Hall–Kier alpha value is -1.58. The van der Waals surface area contributed by atoms with Gasteiger partial charge < -0.3 is 10.2 Å². The van der Waals surface area contributed by atoms with E-state index >= 15 is 0 Å². The van der Waals surface area contributed by atoms with Gasteiger partial charge in [0.15, 0.2) is 0 Å². The summed E-state index contributed by atoms with van der Waals surface area (Å²) in [5, 5.41) is 3.27. The minimum atomic E-state index is 0.103. The third kappa shape index (κ3) is 4.51. The molecule has 0 aliphatic carbocycles. The number of pyridine rings is 1. The molecule has 1 N–H and O–H groups in total. The Labute approximate surface area is 122 Å². The quantitative estimate of drug-likeness (QED) is 0.792. The van der Waals surface area contributed by atoms with Crippen molar-refractivity contribution >= 4 is 11.7 Å². The van der Waals surface area contributed by atoms with Gasteiger partial charge in [0, 0.05) is 30.9 Å². The van der Waals surface area contributed by atoms with E-state index in [1.165, 1.54) is 0 Å². The maximum absolute atomic E-state index is 12.5. The van der Waals surface area contributed by atoms with Gasteiger partial charge in [-0.25, -0.2) is 4.98 Å². The average molecular weight is 277 g/mol. The lowest BCUT2D eigenvalue weighted by molar-refractivity contribution is 0.0764. The van der Waals surface area contributed by atoms with Crippen LogP contribution in [0.1, 0.15) is 56.6 Å². The molecular formula is C16H27N3O. The van der Waals surface area contributed by atoms with E-state index in [9.17, 15) is 4.79 Å². The van der Waals surface area contributed by atoms with Crippen LogP contribution < -0.4 is 5.32 Å². The van der Waals surface area contributed by atoms with Crippen LogP contribution >= 0.6 is 0 Å². The van der Waals surface area contributed by atoms with Gasteiger partial charge in [0.2, 0.25) is 0 Å². The van der Waals surface area contributed by atoms with Crippen LogP contribution in [0.4, 0.5) is 5.82 Å². The van der Waals surface area contributed by atoms with Crippen LogP contribution in [0.5, 0.6) is 0 Å². The number of aryl methyl sites for hydroxylation is 1. The fraction of sp³-hybridized carbons (Fsp3) is 0.625. The van der Waals surface area contributed by atoms with E-state index < -0.39 is 0 Å². The highest BCUT2D eigenvalue weighted by molar-refractivity contribution is 5.95. The predicted molar refractivity (Wildman–Crippen MR) is 84.3 cm³/mol. The van der Waals surface area contributed by atoms with Gasteiger partial charge in [-0.3, -0.25) is 4.79 Å². The first-order valence-corrected chi connectivity index (χ1v) is 7.70. The summed E-state index contributed by atoms with van der Waals surface area (Å²) in [7, 11) is 0. The second kappa shape index (κ2) is 8.56. The van der Waals surface area contributed by atoms with Crippen LogP contribution in [0.25, 0.3) is 0 Å². The number of carbonyl (C=O) groups excluding carboxylic acids is 1. The summed E-state index contributed by atoms with van der Waals surface area (Å²) in [5.74, 6) is 0.910. The summed E-state index contributed by atoms with van der Waals surface area (Å²) in [5.41, 5.74) is 1.70. The van der Waals surface area contributed by atoms with Crippen molar-refractivity contribution in [2.75, 3.05) is 25.0 Å². The monoisotopic (exact) mass is 277 g/mol. The van der Waals surface area contributed by atoms with E-state index in [-0.39, 0.29) is 5.91 Å². The van der Waals surface area contributed by atoms with Gasteiger partial charge in [0.1, 0.15) is 5.82 Å². The Morgan fingerprint density at radius 1 is 1.20 bits per heavy atom. The number of hydrogen-bond acceptors (Lipinski definition) is 3. The van der Waals surface area contributed by atoms with Crippen LogP contribution in [0.2, 0.25) is 0 Å². The van der Waals surface area contributed by atoms with Gasteiger partial charge in [-0.15, -0.1) is 0 Å². The topological polar surface area (TPSA) is 45.2 Å². The molecule has 0 aliphatic heterocycles. The van der Waals surface area contributed by atoms with Crippen molar-refractivity contribution in [3.63, 3.8) is 0 Å². The molecule has 0 bridgehead atoms. The summed E-state index contributed by atoms with van der Waals surface area (Å²) in [6.07, 6.45) is 2.85. The Morgan fingerprint density at radius 3 is 2.50 bits per heavy atom. The molecular weight excluding hydrogens is 250 g/mol.